The molecule has 0 spiro atoms. The first kappa shape index (κ1) is 12.7. The molecule has 4 heteroatoms. The minimum atomic E-state index is 0.244. The molecule has 0 bridgehead atoms. The fraction of sp³-hybridized carbons (Fsp3) is 0.538. The van der Waals surface area contributed by atoms with E-state index in [1.807, 2.05) is 17.8 Å². The first-order chi connectivity index (χ1) is 8.26. The van der Waals surface area contributed by atoms with Crippen molar-refractivity contribution in [2.75, 3.05) is 12.9 Å². The molecular formula is C13H20N2OS. The van der Waals surface area contributed by atoms with E-state index in [1.165, 1.54) is 29.7 Å². The maximum atomic E-state index is 5.73. The van der Waals surface area contributed by atoms with Gasteiger partial charge in [-0.3, -0.25) is 11.3 Å². The van der Waals surface area contributed by atoms with Gasteiger partial charge in [0, 0.05) is 5.25 Å². The van der Waals surface area contributed by atoms with Gasteiger partial charge in [-0.2, -0.15) is 11.8 Å². The highest BCUT2D eigenvalue weighted by Crippen LogP contribution is 2.37. The normalized spacial score (nSPS) is 21.5. The lowest BCUT2D eigenvalue weighted by atomic mass is 9.97. The van der Waals surface area contributed by atoms with Gasteiger partial charge in [-0.15, -0.1) is 0 Å². The van der Waals surface area contributed by atoms with Crippen LogP contribution < -0.4 is 16.0 Å². The van der Waals surface area contributed by atoms with E-state index in [-0.39, 0.29) is 6.04 Å². The summed E-state index contributed by atoms with van der Waals surface area (Å²) in [4.78, 5) is 0. The Hall–Kier alpha value is -0.710. The van der Waals surface area contributed by atoms with Gasteiger partial charge in [0.15, 0.2) is 0 Å². The number of aryl methyl sites for hydroxylation is 1. The van der Waals surface area contributed by atoms with E-state index in [4.69, 9.17) is 10.6 Å². The molecule has 1 aliphatic rings. The predicted octanol–water partition coefficient (Wildman–Crippen LogP) is 2.40. The Bertz CT molecular complexity index is 378. The molecule has 0 aliphatic carbocycles. The average Bonchev–Trinajstić information content (AvgIpc) is 2.85. The maximum Gasteiger partial charge on any atom is 0.119 e. The first-order valence-electron chi connectivity index (χ1n) is 5.98. The van der Waals surface area contributed by atoms with Crippen LogP contribution in [-0.4, -0.2) is 18.1 Å². The largest absolute Gasteiger partial charge is 0.497 e. The first-order valence-corrected chi connectivity index (χ1v) is 7.03. The molecule has 2 atom stereocenters. The third-order valence-electron chi connectivity index (χ3n) is 3.33. The number of hydrogen-bond donors (Lipinski definition) is 2. The molecule has 1 saturated heterocycles. The molecule has 1 aromatic rings. The second-order valence-electron chi connectivity index (χ2n) is 4.42. The lowest BCUT2D eigenvalue weighted by molar-refractivity contribution is 0.413. The number of nitrogens with one attached hydrogen (secondary N) is 1. The number of benzene rings is 1. The number of hydrogen-bond acceptors (Lipinski definition) is 4. The van der Waals surface area contributed by atoms with E-state index >= 15 is 0 Å². The van der Waals surface area contributed by atoms with Gasteiger partial charge in [0.2, 0.25) is 0 Å². The van der Waals surface area contributed by atoms with Gasteiger partial charge >= 0.3 is 0 Å². The Balaban J connectivity index is 2.23. The number of hydrazine groups is 1. The molecule has 2 unspecified atom stereocenters. The fourth-order valence-electron chi connectivity index (χ4n) is 2.39. The van der Waals surface area contributed by atoms with Crippen LogP contribution in [0.15, 0.2) is 18.2 Å². The van der Waals surface area contributed by atoms with Crippen LogP contribution >= 0.6 is 11.8 Å². The van der Waals surface area contributed by atoms with Crippen molar-refractivity contribution in [2.45, 2.75) is 31.1 Å². The van der Waals surface area contributed by atoms with Crippen molar-refractivity contribution in [1.82, 2.24) is 5.43 Å². The van der Waals surface area contributed by atoms with Gasteiger partial charge in [0.05, 0.1) is 13.2 Å². The summed E-state index contributed by atoms with van der Waals surface area (Å²) in [6.45, 7) is 2.11. The number of nitrogens with two attached hydrogens (primary N) is 1. The Morgan fingerprint density at radius 2 is 2.35 bits per heavy atom. The molecule has 3 nitrogen and oxygen atoms in total. The standard InChI is InChI=1S/C13H20N2OS/c1-9-8-10(16-2)5-6-11(9)13(15-14)12-4-3-7-17-12/h5-6,8,12-13,15H,3-4,7,14H2,1-2H3. The summed E-state index contributed by atoms with van der Waals surface area (Å²) in [5.41, 5.74) is 5.50. The molecule has 0 radical (unpaired) electrons. The van der Waals surface area contributed by atoms with E-state index in [2.05, 4.69) is 24.5 Å². The van der Waals surface area contributed by atoms with Crippen molar-refractivity contribution in [2.24, 2.45) is 5.84 Å². The minimum Gasteiger partial charge on any atom is -0.497 e. The highest BCUT2D eigenvalue weighted by molar-refractivity contribution is 8.00. The Morgan fingerprint density at radius 3 is 2.88 bits per heavy atom. The SMILES string of the molecule is COc1ccc(C(NN)C2CCCS2)c(C)c1. The van der Waals surface area contributed by atoms with Gasteiger partial charge < -0.3 is 4.74 Å². The molecule has 2 rings (SSSR count). The average molecular weight is 252 g/mol. The Labute approximate surface area is 107 Å². The molecular weight excluding hydrogens is 232 g/mol. The number of thioether (sulfide) groups is 1. The van der Waals surface area contributed by atoms with Crippen molar-refractivity contribution in [3.8, 4) is 5.75 Å². The Morgan fingerprint density at radius 1 is 1.53 bits per heavy atom. The van der Waals surface area contributed by atoms with Crippen molar-refractivity contribution >= 4 is 11.8 Å². The molecule has 17 heavy (non-hydrogen) atoms. The van der Waals surface area contributed by atoms with Crippen LogP contribution in [0.5, 0.6) is 5.75 Å². The van der Waals surface area contributed by atoms with Gasteiger partial charge in [-0.1, -0.05) is 6.07 Å². The summed E-state index contributed by atoms with van der Waals surface area (Å²) < 4.78 is 5.23. The van der Waals surface area contributed by atoms with Gasteiger partial charge in [0.1, 0.15) is 5.75 Å². The quantitative estimate of drug-likeness (QED) is 0.638. The third kappa shape index (κ3) is 2.76. The zero-order valence-corrected chi connectivity index (χ0v) is 11.2. The van der Waals surface area contributed by atoms with Crippen LogP contribution in [0.2, 0.25) is 0 Å². The Kier molecular flexibility index (Phi) is 4.31. The van der Waals surface area contributed by atoms with Crippen LogP contribution in [0.25, 0.3) is 0 Å². The summed E-state index contributed by atoms with van der Waals surface area (Å²) in [7, 11) is 1.69. The van der Waals surface area contributed by atoms with E-state index in [0.29, 0.717) is 5.25 Å². The predicted molar refractivity (Wildman–Crippen MR) is 73.3 cm³/mol. The van der Waals surface area contributed by atoms with Crippen molar-refractivity contribution in [3.63, 3.8) is 0 Å². The third-order valence-corrected chi connectivity index (χ3v) is 4.79. The number of ether oxygens (including phenoxy) is 1. The van der Waals surface area contributed by atoms with Crippen LogP contribution in [0.1, 0.15) is 30.0 Å². The van der Waals surface area contributed by atoms with E-state index < -0.39 is 0 Å². The van der Waals surface area contributed by atoms with Gasteiger partial charge in [-0.05, 0) is 48.8 Å². The molecule has 0 amide bonds. The fourth-order valence-corrected chi connectivity index (χ4v) is 3.77. The number of methoxy groups -OCH3 is 1. The summed E-state index contributed by atoms with van der Waals surface area (Å²) in [5.74, 6) is 7.88. The summed E-state index contributed by atoms with van der Waals surface area (Å²) in [5, 5.41) is 0.590. The van der Waals surface area contributed by atoms with Crippen LogP contribution in [0.3, 0.4) is 0 Å². The maximum absolute atomic E-state index is 5.73. The van der Waals surface area contributed by atoms with Crippen LogP contribution in [0, 0.1) is 6.92 Å². The number of rotatable bonds is 4. The van der Waals surface area contributed by atoms with Crippen molar-refractivity contribution in [3.05, 3.63) is 29.3 Å². The van der Waals surface area contributed by atoms with Crippen molar-refractivity contribution < 1.29 is 4.74 Å². The zero-order valence-electron chi connectivity index (χ0n) is 10.4. The summed E-state index contributed by atoms with van der Waals surface area (Å²) >= 11 is 2.01. The van der Waals surface area contributed by atoms with Crippen LogP contribution in [0.4, 0.5) is 0 Å². The molecule has 1 aliphatic heterocycles. The van der Waals surface area contributed by atoms with Crippen LogP contribution in [-0.2, 0) is 0 Å². The van der Waals surface area contributed by atoms with Gasteiger partial charge in [-0.25, -0.2) is 0 Å². The van der Waals surface area contributed by atoms with Crippen molar-refractivity contribution in [1.29, 1.82) is 0 Å². The lowest BCUT2D eigenvalue weighted by Crippen LogP contribution is -2.34. The molecule has 1 fully saturated rings. The van der Waals surface area contributed by atoms with E-state index in [1.54, 1.807) is 7.11 Å². The highest BCUT2D eigenvalue weighted by Gasteiger charge is 2.27. The van der Waals surface area contributed by atoms with E-state index in [9.17, 15) is 0 Å². The highest BCUT2D eigenvalue weighted by atomic mass is 32.2. The van der Waals surface area contributed by atoms with E-state index in [0.717, 1.165) is 5.75 Å². The second kappa shape index (κ2) is 5.76. The molecule has 3 N–H and O–H groups in total. The monoisotopic (exact) mass is 252 g/mol. The minimum absolute atomic E-state index is 0.244. The molecule has 1 heterocycles. The topological polar surface area (TPSA) is 47.3 Å². The molecule has 94 valence electrons. The molecule has 0 aromatic heterocycles. The second-order valence-corrected chi connectivity index (χ2v) is 5.77. The zero-order chi connectivity index (χ0) is 12.3. The summed E-state index contributed by atoms with van der Waals surface area (Å²) in [6.07, 6.45) is 2.54. The van der Waals surface area contributed by atoms with Gasteiger partial charge in [0.25, 0.3) is 0 Å². The smallest absolute Gasteiger partial charge is 0.119 e. The molecule has 0 saturated carbocycles. The lowest BCUT2D eigenvalue weighted by Gasteiger charge is -2.24. The summed E-state index contributed by atoms with van der Waals surface area (Å²) in [6, 6.07) is 6.44. The molecule has 1 aromatic carbocycles.